The van der Waals surface area contributed by atoms with Gasteiger partial charge in [0.15, 0.2) is 5.96 Å². The quantitative estimate of drug-likeness (QED) is 0.461. The van der Waals surface area contributed by atoms with Crippen LogP contribution >= 0.6 is 0 Å². The molecule has 5 nitrogen and oxygen atoms in total. The van der Waals surface area contributed by atoms with E-state index in [9.17, 15) is 0 Å². The highest BCUT2D eigenvalue weighted by molar-refractivity contribution is 5.80. The average Bonchev–Trinajstić information content (AvgIpc) is 3.22. The van der Waals surface area contributed by atoms with Gasteiger partial charge in [-0.3, -0.25) is 4.90 Å². The molecule has 1 saturated heterocycles. The molecule has 4 rings (SSSR count). The molecule has 1 saturated carbocycles. The number of guanidine groups is 1. The Morgan fingerprint density at radius 3 is 2.78 bits per heavy atom. The van der Waals surface area contributed by atoms with Gasteiger partial charge in [-0.2, -0.15) is 0 Å². The summed E-state index contributed by atoms with van der Waals surface area (Å²) in [5.41, 5.74) is 2.55. The van der Waals surface area contributed by atoms with Gasteiger partial charge in [0.1, 0.15) is 0 Å². The van der Waals surface area contributed by atoms with Crippen LogP contribution in [0.15, 0.2) is 41.4 Å². The minimum atomic E-state index is 0.500. The van der Waals surface area contributed by atoms with E-state index in [0.29, 0.717) is 18.6 Å². The van der Waals surface area contributed by atoms with Gasteiger partial charge in [0.2, 0.25) is 0 Å². The highest BCUT2D eigenvalue weighted by Crippen LogP contribution is 2.33. The van der Waals surface area contributed by atoms with Crippen LogP contribution in [0, 0.1) is 0 Å². The maximum absolute atomic E-state index is 4.87. The van der Waals surface area contributed by atoms with E-state index in [-0.39, 0.29) is 0 Å². The molecule has 2 atom stereocenters. The highest BCUT2D eigenvalue weighted by atomic mass is 15.3. The Morgan fingerprint density at radius 1 is 1.22 bits per heavy atom. The number of rotatable bonds is 6. The summed E-state index contributed by atoms with van der Waals surface area (Å²) in [7, 11) is 0. The van der Waals surface area contributed by atoms with E-state index in [2.05, 4.69) is 70.7 Å². The van der Waals surface area contributed by atoms with Gasteiger partial charge < -0.3 is 15.5 Å². The van der Waals surface area contributed by atoms with Gasteiger partial charge in [-0.05, 0) is 50.8 Å². The van der Waals surface area contributed by atoms with Crippen molar-refractivity contribution in [2.45, 2.75) is 57.8 Å². The number of likely N-dealkylation sites (tertiary alicyclic amines) is 1. The van der Waals surface area contributed by atoms with Crippen molar-refractivity contribution in [1.29, 1.82) is 0 Å². The zero-order valence-corrected chi connectivity index (χ0v) is 16.7. The number of benzene rings is 1. The highest BCUT2D eigenvalue weighted by Gasteiger charge is 2.38. The zero-order valence-electron chi connectivity index (χ0n) is 16.7. The predicted octanol–water partition coefficient (Wildman–Crippen LogP) is 2.74. The fraction of sp³-hybridized carbons (Fsp3) is 0.591. The van der Waals surface area contributed by atoms with Crippen molar-refractivity contribution < 1.29 is 0 Å². The molecule has 0 spiro atoms. The molecule has 1 aliphatic carbocycles. The summed E-state index contributed by atoms with van der Waals surface area (Å²) in [6, 6.07) is 10.8. The van der Waals surface area contributed by atoms with Crippen LogP contribution in [0.1, 0.15) is 38.7 Å². The Hall–Kier alpha value is -2.01. The first-order chi connectivity index (χ1) is 13.2. The minimum absolute atomic E-state index is 0.500. The Morgan fingerprint density at radius 2 is 2.04 bits per heavy atom. The van der Waals surface area contributed by atoms with Crippen LogP contribution in [-0.4, -0.2) is 55.2 Å². The third-order valence-corrected chi connectivity index (χ3v) is 5.84. The number of hydrogen-bond acceptors (Lipinski definition) is 3. The summed E-state index contributed by atoms with van der Waals surface area (Å²) >= 11 is 0. The lowest BCUT2D eigenvalue weighted by molar-refractivity contribution is 0.256. The molecule has 2 fully saturated rings. The first-order valence-corrected chi connectivity index (χ1v) is 10.5. The minimum Gasteiger partial charge on any atom is -0.364 e. The number of nitrogens with one attached hydrogen (secondary N) is 2. The fourth-order valence-corrected chi connectivity index (χ4v) is 4.30. The first-order valence-electron chi connectivity index (χ1n) is 10.5. The van der Waals surface area contributed by atoms with Crippen molar-refractivity contribution >= 4 is 11.6 Å². The summed E-state index contributed by atoms with van der Waals surface area (Å²) in [6.45, 7) is 9.25. The Balaban J connectivity index is 1.37. The molecule has 0 amide bonds. The van der Waals surface area contributed by atoms with Crippen LogP contribution in [0.2, 0.25) is 0 Å². The van der Waals surface area contributed by atoms with E-state index in [1.54, 1.807) is 0 Å². The van der Waals surface area contributed by atoms with E-state index in [0.717, 1.165) is 38.2 Å². The molecule has 2 unspecified atom stereocenters. The molecule has 0 radical (unpaired) electrons. The molecule has 5 heteroatoms. The number of aliphatic imine (C=N–C) groups is 1. The van der Waals surface area contributed by atoms with Crippen molar-refractivity contribution in [3.8, 4) is 0 Å². The van der Waals surface area contributed by atoms with E-state index in [4.69, 9.17) is 4.99 Å². The molecule has 27 heavy (non-hydrogen) atoms. The average molecular weight is 368 g/mol. The first kappa shape index (κ1) is 18.4. The van der Waals surface area contributed by atoms with Crippen LogP contribution in [0.4, 0.5) is 5.69 Å². The van der Waals surface area contributed by atoms with Crippen molar-refractivity contribution in [3.05, 3.63) is 42.0 Å². The smallest absolute Gasteiger partial charge is 0.191 e. The standard InChI is InChI=1S/C22H33N5/c1-3-23-22(25-19-13-17(2)27(16-19)20-9-10-20)24-15-18-7-6-8-21(14-18)26-11-4-5-12-26/h4-8,14,17,19-20H,3,9-13,15-16H2,1-2H3,(H2,23,24,25). The van der Waals surface area contributed by atoms with Gasteiger partial charge in [-0.1, -0.05) is 24.3 Å². The maximum atomic E-state index is 4.87. The lowest BCUT2D eigenvalue weighted by atomic mass is 10.2. The maximum Gasteiger partial charge on any atom is 0.191 e. The number of hydrogen-bond donors (Lipinski definition) is 2. The molecule has 1 aromatic carbocycles. The third-order valence-electron chi connectivity index (χ3n) is 5.84. The van der Waals surface area contributed by atoms with Crippen LogP contribution in [-0.2, 0) is 6.54 Å². The van der Waals surface area contributed by atoms with Crippen molar-refractivity contribution in [2.24, 2.45) is 4.99 Å². The van der Waals surface area contributed by atoms with Gasteiger partial charge >= 0.3 is 0 Å². The van der Waals surface area contributed by atoms with E-state index >= 15 is 0 Å². The molecule has 3 aliphatic rings. The number of anilines is 1. The van der Waals surface area contributed by atoms with E-state index < -0.39 is 0 Å². The molecule has 0 aromatic heterocycles. The number of nitrogens with zero attached hydrogens (tertiary/aromatic N) is 3. The topological polar surface area (TPSA) is 42.9 Å². The van der Waals surface area contributed by atoms with Gasteiger partial charge in [-0.15, -0.1) is 0 Å². The van der Waals surface area contributed by atoms with Crippen LogP contribution in [0.3, 0.4) is 0 Å². The predicted molar refractivity (Wildman–Crippen MR) is 113 cm³/mol. The van der Waals surface area contributed by atoms with Crippen LogP contribution in [0.25, 0.3) is 0 Å². The van der Waals surface area contributed by atoms with Crippen molar-refractivity contribution in [2.75, 3.05) is 31.1 Å². The Bertz CT molecular complexity index is 686. The summed E-state index contributed by atoms with van der Waals surface area (Å²) in [5, 5.41) is 7.10. The summed E-state index contributed by atoms with van der Waals surface area (Å²) in [6.07, 6.45) is 8.43. The Kier molecular flexibility index (Phi) is 5.67. The SMILES string of the molecule is CCNC(=NCc1cccc(N2CC=CC2)c1)NC1CC(C)N(C2CC2)C1. The van der Waals surface area contributed by atoms with E-state index in [1.165, 1.54) is 30.5 Å². The second-order valence-corrected chi connectivity index (χ2v) is 8.10. The molecule has 0 bridgehead atoms. The molecule has 2 N–H and O–H groups in total. The lowest BCUT2D eigenvalue weighted by Crippen LogP contribution is -2.44. The van der Waals surface area contributed by atoms with E-state index in [1.807, 2.05) is 0 Å². The molecule has 2 heterocycles. The van der Waals surface area contributed by atoms with Crippen LogP contribution in [0.5, 0.6) is 0 Å². The monoisotopic (exact) mass is 367 g/mol. The Labute approximate surface area is 163 Å². The molecule has 1 aromatic rings. The fourth-order valence-electron chi connectivity index (χ4n) is 4.30. The van der Waals surface area contributed by atoms with Crippen molar-refractivity contribution in [1.82, 2.24) is 15.5 Å². The summed E-state index contributed by atoms with van der Waals surface area (Å²) < 4.78 is 0. The molecule has 2 aliphatic heterocycles. The molecular weight excluding hydrogens is 334 g/mol. The van der Waals surface area contributed by atoms with Gasteiger partial charge in [-0.25, -0.2) is 4.99 Å². The zero-order chi connectivity index (χ0) is 18.6. The van der Waals surface area contributed by atoms with Crippen molar-refractivity contribution in [3.63, 3.8) is 0 Å². The molecular formula is C22H33N5. The summed E-state index contributed by atoms with van der Waals surface area (Å²) in [5.74, 6) is 0.945. The lowest BCUT2D eigenvalue weighted by Gasteiger charge is -2.20. The summed E-state index contributed by atoms with van der Waals surface area (Å²) in [4.78, 5) is 9.92. The van der Waals surface area contributed by atoms with Gasteiger partial charge in [0, 0.05) is 50.0 Å². The van der Waals surface area contributed by atoms with Gasteiger partial charge in [0.05, 0.1) is 6.54 Å². The third kappa shape index (κ3) is 4.64. The van der Waals surface area contributed by atoms with Crippen LogP contribution < -0.4 is 15.5 Å². The van der Waals surface area contributed by atoms with Gasteiger partial charge in [0.25, 0.3) is 0 Å². The second kappa shape index (κ2) is 8.34. The largest absolute Gasteiger partial charge is 0.364 e. The molecule has 146 valence electrons. The normalized spacial score (nSPS) is 26.0. The second-order valence-electron chi connectivity index (χ2n) is 8.10.